The molecule has 1 aromatic rings. The van der Waals surface area contributed by atoms with Crippen LogP contribution in [0.2, 0.25) is 0 Å². The van der Waals surface area contributed by atoms with E-state index in [0.29, 0.717) is 5.92 Å². The van der Waals surface area contributed by atoms with Crippen LogP contribution >= 0.6 is 0 Å². The topological polar surface area (TPSA) is 47.7 Å². The van der Waals surface area contributed by atoms with E-state index in [2.05, 4.69) is 24.0 Å². The molecule has 1 aromatic carbocycles. The van der Waals surface area contributed by atoms with Gasteiger partial charge in [-0.3, -0.25) is 0 Å². The zero-order chi connectivity index (χ0) is 15.5. The SMILES string of the molecule is COCCCN(CCOC)CC(C)C(N)c1ccccc1. The summed E-state index contributed by atoms with van der Waals surface area (Å²) in [4.78, 5) is 2.41. The van der Waals surface area contributed by atoms with E-state index >= 15 is 0 Å². The Balaban J connectivity index is 2.51. The zero-order valence-electron chi connectivity index (χ0n) is 13.6. The van der Waals surface area contributed by atoms with Crippen molar-refractivity contribution in [2.24, 2.45) is 11.7 Å². The molecule has 0 spiro atoms. The molecule has 0 aromatic heterocycles. The van der Waals surface area contributed by atoms with Gasteiger partial charge in [-0.1, -0.05) is 37.3 Å². The first kappa shape index (κ1) is 18.1. The van der Waals surface area contributed by atoms with Gasteiger partial charge in [0.2, 0.25) is 0 Å². The van der Waals surface area contributed by atoms with E-state index in [9.17, 15) is 0 Å². The molecule has 120 valence electrons. The molecule has 4 heteroatoms. The summed E-state index contributed by atoms with van der Waals surface area (Å²) in [6.07, 6.45) is 1.04. The Bertz CT molecular complexity index is 359. The molecule has 0 saturated heterocycles. The molecule has 0 radical (unpaired) electrons. The highest BCUT2D eigenvalue weighted by Gasteiger charge is 2.18. The second-order valence-electron chi connectivity index (χ2n) is 5.55. The third kappa shape index (κ3) is 7.05. The molecule has 2 N–H and O–H groups in total. The zero-order valence-corrected chi connectivity index (χ0v) is 13.6. The lowest BCUT2D eigenvalue weighted by Gasteiger charge is -2.28. The van der Waals surface area contributed by atoms with Crippen molar-refractivity contribution >= 4 is 0 Å². The van der Waals surface area contributed by atoms with Crippen molar-refractivity contribution < 1.29 is 9.47 Å². The van der Waals surface area contributed by atoms with Gasteiger partial charge in [0.1, 0.15) is 0 Å². The Kier molecular flexibility index (Phi) is 9.26. The fourth-order valence-corrected chi connectivity index (χ4v) is 2.47. The molecule has 2 unspecified atom stereocenters. The van der Waals surface area contributed by atoms with Gasteiger partial charge in [-0.2, -0.15) is 0 Å². The first-order valence-electron chi connectivity index (χ1n) is 7.69. The Hall–Kier alpha value is -0.940. The summed E-state index contributed by atoms with van der Waals surface area (Å²) in [5.74, 6) is 0.395. The predicted molar refractivity (Wildman–Crippen MR) is 87.3 cm³/mol. The molecule has 0 fully saturated rings. The number of nitrogens with two attached hydrogens (primary N) is 1. The normalized spacial score (nSPS) is 14.3. The number of benzene rings is 1. The molecular formula is C17H30N2O2. The summed E-state index contributed by atoms with van der Waals surface area (Å²) in [7, 11) is 3.49. The molecule has 1 rings (SSSR count). The van der Waals surface area contributed by atoms with Crippen LogP contribution in [0.15, 0.2) is 30.3 Å². The monoisotopic (exact) mass is 294 g/mol. The largest absolute Gasteiger partial charge is 0.385 e. The Morgan fingerprint density at radius 1 is 1.05 bits per heavy atom. The Labute approximate surface area is 129 Å². The van der Waals surface area contributed by atoms with Gasteiger partial charge in [-0.05, 0) is 17.9 Å². The minimum Gasteiger partial charge on any atom is -0.385 e. The third-order valence-corrected chi connectivity index (χ3v) is 3.78. The molecule has 2 atom stereocenters. The van der Waals surface area contributed by atoms with Gasteiger partial charge in [-0.25, -0.2) is 0 Å². The fourth-order valence-electron chi connectivity index (χ4n) is 2.47. The third-order valence-electron chi connectivity index (χ3n) is 3.78. The molecule has 21 heavy (non-hydrogen) atoms. The van der Waals surface area contributed by atoms with E-state index in [1.54, 1.807) is 14.2 Å². The second-order valence-corrected chi connectivity index (χ2v) is 5.55. The number of ether oxygens (including phenoxy) is 2. The molecule has 0 aliphatic rings. The molecule has 4 nitrogen and oxygen atoms in total. The molecule has 0 saturated carbocycles. The highest BCUT2D eigenvalue weighted by atomic mass is 16.5. The van der Waals surface area contributed by atoms with Gasteiger partial charge in [0.05, 0.1) is 6.61 Å². The van der Waals surface area contributed by atoms with Crippen LogP contribution in [0.1, 0.15) is 24.9 Å². The molecule has 0 bridgehead atoms. The van der Waals surface area contributed by atoms with Gasteiger partial charge in [-0.15, -0.1) is 0 Å². The summed E-state index contributed by atoms with van der Waals surface area (Å²) in [5, 5.41) is 0. The molecule has 0 amide bonds. The van der Waals surface area contributed by atoms with Gasteiger partial charge >= 0.3 is 0 Å². The first-order chi connectivity index (χ1) is 10.2. The van der Waals surface area contributed by atoms with Crippen molar-refractivity contribution in [3.8, 4) is 0 Å². The Morgan fingerprint density at radius 3 is 2.33 bits per heavy atom. The van der Waals surface area contributed by atoms with E-state index in [1.165, 1.54) is 5.56 Å². The van der Waals surface area contributed by atoms with E-state index < -0.39 is 0 Å². The van der Waals surface area contributed by atoms with Crippen molar-refractivity contribution in [3.63, 3.8) is 0 Å². The van der Waals surface area contributed by atoms with Crippen LogP contribution in [0.4, 0.5) is 0 Å². The fraction of sp³-hybridized carbons (Fsp3) is 0.647. The lowest BCUT2D eigenvalue weighted by atomic mass is 9.95. The number of hydrogen-bond acceptors (Lipinski definition) is 4. The highest BCUT2D eigenvalue weighted by molar-refractivity contribution is 5.19. The van der Waals surface area contributed by atoms with E-state index in [0.717, 1.165) is 39.3 Å². The lowest BCUT2D eigenvalue weighted by molar-refractivity contribution is 0.121. The summed E-state index contributed by atoms with van der Waals surface area (Å²) in [6, 6.07) is 10.4. The van der Waals surface area contributed by atoms with Crippen molar-refractivity contribution in [2.45, 2.75) is 19.4 Å². The van der Waals surface area contributed by atoms with Gasteiger partial charge in [0, 0.05) is 46.5 Å². The van der Waals surface area contributed by atoms with Crippen molar-refractivity contribution in [1.29, 1.82) is 0 Å². The van der Waals surface area contributed by atoms with E-state index in [1.807, 2.05) is 18.2 Å². The lowest BCUT2D eigenvalue weighted by Crippen LogP contribution is -2.36. The van der Waals surface area contributed by atoms with Crippen LogP contribution in [-0.4, -0.2) is 52.0 Å². The quantitative estimate of drug-likeness (QED) is 0.636. The summed E-state index contributed by atoms with van der Waals surface area (Å²) in [5.41, 5.74) is 7.59. The first-order valence-corrected chi connectivity index (χ1v) is 7.69. The van der Waals surface area contributed by atoms with Crippen LogP contribution in [0.3, 0.4) is 0 Å². The number of methoxy groups -OCH3 is 2. The average molecular weight is 294 g/mol. The standard InChI is InChI=1S/C17H30N2O2/c1-15(17(18)16-8-5-4-6-9-16)14-19(11-13-21-3)10-7-12-20-2/h4-6,8-9,15,17H,7,10-14,18H2,1-3H3. The second kappa shape index (κ2) is 10.7. The van der Waals surface area contributed by atoms with Crippen LogP contribution in [0, 0.1) is 5.92 Å². The maximum Gasteiger partial charge on any atom is 0.0589 e. The number of nitrogens with zero attached hydrogens (tertiary/aromatic N) is 1. The van der Waals surface area contributed by atoms with E-state index in [4.69, 9.17) is 15.2 Å². The smallest absolute Gasteiger partial charge is 0.0589 e. The van der Waals surface area contributed by atoms with Crippen LogP contribution < -0.4 is 5.73 Å². The maximum absolute atomic E-state index is 6.39. The molecule has 0 heterocycles. The van der Waals surface area contributed by atoms with Crippen molar-refractivity contribution in [3.05, 3.63) is 35.9 Å². The van der Waals surface area contributed by atoms with Crippen LogP contribution in [-0.2, 0) is 9.47 Å². The van der Waals surface area contributed by atoms with Gasteiger partial charge in [0.15, 0.2) is 0 Å². The maximum atomic E-state index is 6.39. The average Bonchev–Trinajstić information content (AvgIpc) is 2.52. The number of rotatable bonds is 11. The van der Waals surface area contributed by atoms with Crippen molar-refractivity contribution in [1.82, 2.24) is 4.90 Å². The van der Waals surface area contributed by atoms with E-state index in [-0.39, 0.29) is 6.04 Å². The number of hydrogen-bond donors (Lipinski definition) is 1. The Morgan fingerprint density at radius 2 is 1.71 bits per heavy atom. The molecule has 0 aliphatic heterocycles. The summed E-state index contributed by atoms with van der Waals surface area (Å²) in [6.45, 7) is 6.69. The minimum absolute atomic E-state index is 0.0682. The van der Waals surface area contributed by atoms with Gasteiger partial charge in [0.25, 0.3) is 0 Å². The predicted octanol–water partition coefficient (Wildman–Crippen LogP) is 2.31. The highest BCUT2D eigenvalue weighted by Crippen LogP contribution is 2.20. The molecule has 0 aliphatic carbocycles. The minimum atomic E-state index is 0.0682. The summed E-state index contributed by atoms with van der Waals surface area (Å²) < 4.78 is 10.3. The summed E-state index contributed by atoms with van der Waals surface area (Å²) >= 11 is 0. The van der Waals surface area contributed by atoms with Crippen LogP contribution in [0.25, 0.3) is 0 Å². The van der Waals surface area contributed by atoms with Gasteiger partial charge < -0.3 is 20.1 Å². The molecular weight excluding hydrogens is 264 g/mol. The van der Waals surface area contributed by atoms with Crippen molar-refractivity contribution in [2.75, 3.05) is 47.1 Å². The van der Waals surface area contributed by atoms with Crippen LogP contribution in [0.5, 0.6) is 0 Å².